The normalized spacial score (nSPS) is 16.0. The summed E-state index contributed by atoms with van der Waals surface area (Å²) in [5.41, 5.74) is 6.71. The van der Waals surface area contributed by atoms with Crippen LogP contribution < -0.4 is 11.1 Å². The summed E-state index contributed by atoms with van der Waals surface area (Å²) in [6.07, 6.45) is 2.24. The van der Waals surface area contributed by atoms with Gasteiger partial charge in [-0.1, -0.05) is 0 Å². The highest BCUT2D eigenvalue weighted by Crippen LogP contribution is 2.39. The van der Waals surface area contributed by atoms with E-state index in [0.717, 1.165) is 24.2 Å². The molecule has 1 aromatic rings. The van der Waals surface area contributed by atoms with Gasteiger partial charge in [-0.3, -0.25) is 4.79 Å². The summed E-state index contributed by atoms with van der Waals surface area (Å²) in [5, 5.41) is 3.13. The Morgan fingerprint density at radius 3 is 2.58 bits per heavy atom. The molecule has 1 amide bonds. The molecule has 0 bridgehead atoms. The first-order valence-electron chi connectivity index (χ1n) is 6.52. The number of likely N-dealkylation sites (N-methyl/N-ethyl adjacent to an activating group) is 1. The van der Waals surface area contributed by atoms with Crippen LogP contribution in [0.25, 0.3) is 0 Å². The predicted octanol–water partition coefficient (Wildman–Crippen LogP) is 1.13. The van der Waals surface area contributed by atoms with Crippen LogP contribution in [0.3, 0.4) is 0 Å². The topological polar surface area (TPSA) is 84.1 Å². The number of nitrogens with one attached hydrogen (secondary N) is 1. The third-order valence-corrected chi connectivity index (χ3v) is 3.31. The van der Waals surface area contributed by atoms with Crippen molar-refractivity contribution in [3.8, 4) is 0 Å². The van der Waals surface area contributed by atoms with Gasteiger partial charge in [-0.25, -0.2) is 9.97 Å². The lowest BCUT2D eigenvalue weighted by Crippen LogP contribution is -2.37. The molecule has 2 rings (SSSR count). The number of hydrogen-bond donors (Lipinski definition) is 2. The first-order chi connectivity index (χ1) is 8.90. The quantitative estimate of drug-likeness (QED) is 0.850. The van der Waals surface area contributed by atoms with Gasteiger partial charge < -0.3 is 16.0 Å². The maximum absolute atomic E-state index is 11.9. The number of nitrogen functional groups attached to an aromatic ring is 1. The largest absolute Gasteiger partial charge is 0.383 e. The van der Waals surface area contributed by atoms with Crippen molar-refractivity contribution in [2.45, 2.75) is 38.6 Å². The van der Waals surface area contributed by atoms with Crippen LogP contribution in [0.2, 0.25) is 0 Å². The fourth-order valence-electron chi connectivity index (χ4n) is 1.87. The molecule has 0 aromatic carbocycles. The minimum absolute atomic E-state index is 0.00422. The number of rotatable bonds is 4. The summed E-state index contributed by atoms with van der Waals surface area (Å²) in [7, 11) is 3.47. The first-order valence-corrected chi connectivity index (χ1v) is 6.52. The Balaban J connectivity index is 2.21. The molecule has 104 valence electrons. The van der Waals surface area contributed by atoms with E-state index < -0.39 is 0 Å². The molecule has 1 heterocycles. The predicted molar refractivity (Wildman–Crippen MR) is 74.9 cm³/mol. The molecule has 6 nitrogen and oxygen atoms in total. The average molecular weight is 263 g/mol. The zero-order valence-electron chi connectivity index (χ0n) is 11.9. The van der Waals surface area contributed by atoms with Crippen molar-refractivity contribution in [1.29, 1.82) is 0 Å². The first kappa shape index (κ1) is 13.6. The third-order valence-electron chi connectivity index (χ3n) is 3.31. The monoisotopic (exact) mass is 263 g/mol. The summed E-state index contributed by atoms with van der Waals surface area (Å²) in [4.78, 5) is 22.2. The fourth-order valence-corrected chi connectivity index (χ4v) is 1.87. The van der Waals surface area contributed by atoms with Gasteiger partial charge in [0, 0.05) is 25.6 Å². The van der Waals surface area contributed by atoms with E-state index in [1.807, 2.05) is 13.8 Å². The number of nitrogens with two attached hydrogens (primary N) is 1. The van der Waals surface area contributed by atoms with E-state index in [2.05, 4.69) is 15.3 Å². The summed E-state index contributed by atoms with van der Waals surface area (Å²) in [6.45, 7) is 3.68. The molecule has 3 N–H and O–H groups in total. The van der Waals surface area contributed by atoms with Crippen LogP contribution in [0.15, 0.2) is 0 Å². The van der Waals surface area contributed by atoms with Gasteiger partial charge in [-0.2, -0.15) is 0 Å². The van der Waals surface area contributed by atoms with E-state index in [-0.39, 0.29) is 11.9 Å². The lowest BCUT2D eigenvalue weighted by molar-refractivity contribution is -0.129. The van der Waals surface area contributed by atoms with E-state index in [0.29, 0.717) is 17.6 Å². The van der Waals surface area contributed by atoms with Gasteiger partial charge in [0.2, 0.25) is 5.91 Å². The van der Waals surface area contributed by atoms with Gasteiger partial charge in [-0.05, 0) is 26.7 Å². The van der Waals surface area contributed by atoms with E-state index in [1.165, 1.54) is 0 Å². The molecule has 0 radical (unpaired) electrons. The van der Waals surface area contributed by atoms with Gasteiger partial charge in [-0.15, -0.1) is 0 Å². The second kappa shape index (κ2) is 5.03. The average Bonchev–Trinajstić information content (AvgIpc) is 3.17. The minimum atomic E-state index is -0.338. The zero-order chi connectivity index (χ0) is 14.2. The van der Waals surface area contributed by atoms with Crippen molar-refractivity contribution < 1.29 is 4.79 Å². The van der Waals surface area contributed by atoms with Crippen molar-refractivity contribution in [3.05, 3.63) is 11.4 Å². The van der Waals surface area contributed by atoms with E-state index in [4.69, 9.17) is 5.73 Å². The summed E-state index contributed by atoms with van der Waals surface area (Å²) in [6, 6.07) is -0.338. The SMILES string of the molecule is Cc1c(N)nc(C2CC2)nc1NC(C)C(=O)N(C)C. The van der Waals surface area contributed by atoms with Gasteiger partial charge >= 0.3 is 0 Å². The Bertz CT molecular complexity index is 496. The van der Waals surface area contributed by atoms with Crippen LogP contribution in [0.5, 0.6) is 0 Å². The Morgan fingerprint density at radius 1 is 1.42 bits per heavy atom. The zero-order valence-corrected chi connectivity index (χ0v) is 11.9. The van der Waals surface area contributed by atoms with Crippen molar-refractivity contribution in [2.75, 3.05) is 25.1 Å². The van der Waals surface area contributed by atoms with Crippen molar-refractivity contribution in [2.24, 2.45) is 0 Å². The fraction of sp³-hybridized carbons (Fsp3) is 0.615. The maximum atomic E-state index is 11.9. The Kier molecular flexibility index (Phi) is 3.59. The van der Waals surface area contributed by atoms with Crippen LogP contribution in [-0.2, 0) is 4.79 Å². The second-order valence-corrected chi connectivity index (χ2v) is 5.31. The molecule has 0 saturated heterocycles. The molecule has 1 unspecified atom stereocenters. The molecule has 1 aromatic heterocycles. The summed E-state index contributed by atoms with van der Waals surface area (Å²) >= 11 is 0. The Hall–Kier alpha value is -1.85. The highest BCUT2D eigenvalue weighted by Gasteiger charge is 2.28. The van der Waals surface area contributed by atoms with Crippen molar-refractivity contribution in [1.82, 2.24) is 14.9 Å². The highest BCUT2D eigenvalue weighted by atomic mass is 16.2. The van der Waals surface area contributed by atoms with Crippen LogP contribution in [0, 0.1) is 6.92 Å². The van der Waals surface area contributed by atoms with Gasteiger partial charge in [0.15, 0.2) is 0 Å². The molecule has 0 spiro atoms. The number of amides is 1. The van der Waals surface area contributed by atoms with Gasteiger partial charge in [0.25, 0.3) is 0 Å². The molecule has 19 heavy (non-hydrogen) atoms. The van der Waals surface area contributed by atoms with E-state index >= 15 is 0 Å². The molecular formula is C13H21N5O. The molecule has 1 saturated carbocycles. The van der Waals surface area contributed by atoms with Crippen molar-refractivity contribution >= 4 is 17.5 Å². The number of carbonyl (C=O) groups excluding carboxylic acids is 1. The molecule has 1 fully saturated rings. The summed E-state index contributed by atoms with van der Waals surface area (Å²) < 4.78 is 0. The molecule has 1 aliphatic rings. The van der Waals surface area contributed by atoms with E-state index in [1.54, 1.807) is 19.0 Å². The number of nitrogens with zero attached hydrogens (tertiary/aromatic N) is 3. The van der Waals surface area contributed by atoms with Crippen molar-refractivity contribution in [3.63, 3.8) is 0 Å². The maximum Gasteiger partial charge on any atom is 0.244 e. The molecule has 1 atom stereocenters. The lowest BCUT2D eigenvalue weighted by Gasteiger charge is -2.20. The molecule has 6 heteroatoms. The van der Waals surface area contributed by atoms with Crippen LogP contribution in [0.1, 0.15) is 37.1 Å². The number of hydrogen-bond acceptors (Lipinski definition) is 5. The number of aromatic nitrogens is 2. The standard InChI is InChI=1S/C13H21N5O/c1-7-10(14)16-12(9-5-6-9)17-11(7)15-8(2)13(19)18(3)4/h8-9H,5-6H2,1-4H3,(H3,14,15,16,17). The van der Waals surface area contributed by atoms with E-state index in [9.17, 15) is 4.79 Å². The lowest BCUT2D eigenvalue weighted by atomic mass is 10.2. The Morgan fingerprint density at radius 2 is 2.05 bits per heavy atom. The highest BCUT2D eigenvalue weighted by molar-refractivity contribution is 5.83. The smallest absolute Gasteiger partial charge is 0.244 e. The van der Waals surface area contributed by atoms with Crippen LogP contribution in [0.4, 0.5) is 11.6 Å². The Labute approximate surface area is 113 Å². The number of anilines is 2. The molecule has 1 aliphatic carbocycles. The number of carbonyl (C=O) groups is 1. The molecular weight excluding hydrogens is 242 g/mol. The third kappa shape index (κ3) is 2.94. The van der Waals surface area contributed by atoms with Crippen LogP contribution >= 0.6 is 0 Å². The van der Waals surface area contributed by atoms with Gasteiger partial charge in [0.05, 0.1) is 0 Å². The second-order valence-electron chi connectivity index (χ2n) is 5.31. The minimum Gasteiger partial charge on any atom is -0.383 e. The van der Waals surface area contributed by atoms with Gasteiger partial charge in [0.1, 0.15) is 23.5 Å². The summed E-state index contributed by atoms with van der Waals surface area (Å²) in [5.74, 6) is 2.38. The molecule has 0 aliphatic heterocycles. The van der Waals surface area contributed by atoms with Crippen LogP contribution in [-0.4, -0.2) is 40.9 Å².